The van der Waals surface area contributed by atoms with Crippen molar-refractivity contribution in [3.8, 4) is 11.4 Å². The molecule has 3 atom stereocenters. The number of hydrogen-bond acceptors (Lipinski definition) is 6. The number of imidazole rings is 1. The number of nitrogens with one attached hydrogen (secondary N) is 1. The van der Waals surface area contributed by atoms with Crippen LogP contribution in [0.4, 0.5) is 4.39 Å². The second-order valence-corrected chi connectivity index (χ2v) is 11.2. The number of nitrogens with two attached hydrogens (primary N) is 1. The summed E-state index contributed by atoms with van der Waals surface area (Å²) >= 11 is 0. The first-order valence-corrected chi connectivity index (χ1v) is 14.4. The minimum atomic E-state index is -1.57. The molecule has 1 aromatic carbocycles. The van der Waals surface area contributed by atoms with Gasteiger partial charge in [-0.15, -0.1) is 0 Å². The predicted molar refractivity (Wildman–Crippen MR) is 157 cm³/mol. The van der Waals surface area contributed by atoms with Crippen LogP contribution in [0.3, 0.4) is 0 Å². The van der Waals surface area contributed by atoms with E-state index in [1.165, 1.54) is 12.1 Å². The van der Waals surface area contributed by atoms with Crippen LogP contribution in [-0.2, 0) is 22.3 Å². The number of carbonyl (C=O) groups excluding carboxylic acids is 1. The van der Waals surface area contributed by atoms with Gasteiger partial charge in [0.05, 0.1) is 24.3 Å². The van der Waals surface area contributed by atoms with E-state index in [9.17, 15) is 28.4 Å². The smallest absolute Gasteiger partial charge is 0.305 e. The molecule has 0 fully saturated rings. The summed E-state index contributed by atoms with van der Waals surface area (Å²) in [7, 11) is -1.57. The lowest BCUT2D eigenvalue weighted by molar-refractivity contribution is -0.139. The molecule has 2 aromatic rings. The van der Waals surface area contributed by atoms with E-state index in [-0.39, 0.29) is 37.5 Å². The summed E-state index contributed by atoms with van der Waals surface area (Å²) in [5.74, 6) is -1.73. The zero-order valence-electron chi connectivity index (χ0n) is 23.5. The highest BCUT2D eigenvalue weighted by molar-refractivity contribution is 7.86. The lowest BCUT2D eigenvalue weighted by atomic mass is 10.0. The molecule has 0 aliphatic rings. The predicted octanol–water partition coefficient (Wildman–Crippen LogP) is 3.55. The molecule has 1 aromatic heterocycles. The van der Waals surface area contributed by atoms with Crippen LogP contribution in [-0.4, -0.2) is 59.7 Å². The topological polar surface area (TPSA) is 168 Å². The molecule has 224 valence electrons. The number of hydrogen-bond donors (Lipinski definition) is 5. The Balaban J connectivity index is 2.33. The van der Waals surface area contributed by atoms with Gasteiger partial charge in [-0.2, -0.15) is 0 Å². The number of amides is 1. The minimum absolute atomic E-state index is 0.119. The normalized spacial score (nSPS) is 14.5. The summed E-state index contributed by atoms with van der Waals surface area (Å²) in [6.45, 7) is 9.72. The molecule has 12 heteroatoms. The van der Waals surface area contributed by atoms with Gasteiger partial charge in [0.25, 0.3) is 5.91 Å². The van der Waals surface area contributed by atoms with Crippen LogP contribution in [0.5, 0.6) is 0 Å². The van der Waals surface area contributed by atoms with E-state index in [0.29, 0.717) is 28.4 Å². The number of benzene rings is 1. The van der Waals surface area contributed by atoms with Crippen molar-refractivity contribution in [1.82, 2.24) is 14.9 Å². The second-order valence-electron chi connectivity index (χ2n) is 9.94. The van der Waals surface area contributed by atoms with Crippen LogP contribution in [0, 0.1) is 5.82 Å². The summed E-state index contributed by atoms with van der Waals surface area (Å²) in [6, 6.07) is 5.69. The lowest BCUT2D eigenvalue weighted by Crippen LogP contribution is -2.27. The maximum atomic E-state index is 13.7. The summed E-state index contributed by atoms with van der Waals surface area (Å²) in [6.07, 6.45) is 2.83. The van der Waals surface area contributed by atoms with E-state index in [0.717, 1.165) is 5.57 Å². The van der Waals surface area contributed by atoms with Crippen molar-refractivity contribution < 1.29 is 33.5 Å². The van der Waals surface area contributed by atoms with Gasteiger partial charge in [-0.25, -0.2) is 18.7 Å². The number of rotatable bonds is 16. The van der Waals surface area contributed by atoms with E-state index < -0.39 is 47.3 Å². The Labute approximate surface area is 242 Å². The number of carboxylic acid groups (broad SMARTS) is 1. The van der Waals surface area contributed by atoms with E-state index in [1.807, 2.05) is 13.8 Å². The molecule has 10 nitrogen and oxygen atoms in total. The molecule has 0 saturated heterocycles. The molecule has 0 spiro atoms. The summed E-state index contributed by atoms with van der Waals surface area (Å²) in [5, 5.41) is 37.5. The van der Waals surface area contributed by atoms with Crippen molar-refractivity contribution in [2.24, 2.45) is 5.14 Å². The molecule has 41 heavy (non-hydrogen) atoms. The number of allylic oxidation sites excluding steroid dienone is 4. The summed E-state index contributed by atoms with van der Waals surface area (Å²) < 4.78 is 26.8. The molecule has 1 heterocycles. The van der Waals surface area contributed by atoms with Crippen molar-refractivity contribution >= 4 is 22.9 Å². The standard InChI is InChI=1S/C29H39FN4O6S/c1-5-20(7-6-19(4)41(31)40)12-14-32-29(39)26-27(18(2)3)34(15-13-23(35)16-24(36)17-25(37)38)28(33-26)21-8-10-22(30)11-9-21/h5-11,18,23-24,35-36H,1,12-17,31H2,2-4H3,(H,32,39)(H,37,38)/b19-6+,20-7+. The van der Waals surface area contributed by atoms with Crippen LogP contribution in [0.15, 0.2) is 59.6 Å². The van der Waals surface area contributed by atoms with Gasteiger partial charge in [0.15, 0.2) is 0 Å². The highest BCUT2D eigenvalue weighted by Gasteiger charge is 2.26. The van der Waals surface area contributed by atoms with Crippen LogP contribution in [0.2, 0.25) is 0 Å². The first kappa shape index (κ1) is 33.8. The van der Waals surface area contributed by atoms with E-state index in [1.54, 1.807) is 41.9 Å². The zero-order chi connectivity index (χ0) is 30.7. The highest BCUT2D eigenvalue weighted by atomic mass is 32.2. The summed E-state index contributed by atoms with van der Waals surface area (Å²) in [4.78, 5) is 29.3. The molecule has 0 aliphatic heterocycles. The maximum Gasteiger partial charge on any atom is 0.305 e. The molecule has 0 bridgehead atoms. The Morgan fingerprint density at radius 2 is 1.85 bits per heavy atom. The fourth-order valence-electron chi connectivity index (χ4n) is 4.21. The highest BCUT2D eigenvalue weighted by Crippen LogP contribution is 2.29. The number of aliphatic hydroxyl groups is 2. The summed E-state index contributed by atoms with van der Waals surface area (Å²) in [5.41, 5.74) is 2.18. The second kappa shape index (κ2) is 16.1. The van der Waals surface area contributed by atoms with Gasteiger partial charge >= 0.3 is 5.97 Å². The van der Waals surface area contributed by atoms with Gasteiger partial charge in [0, 0.05) is 23.6 Å². The Morgan fingerprint density at radius 1 is 1.20 bits per heavy atom. The van der Waals surface area contributed by atoms with Crippen molar-refractivity contribution in [1.29, 1.82) is 0 Å². The Morgan fingerprint density at radius 3 is 2.41 bits per heavy atom. The molecule has 6 N–H and O–H groups in total. The van der Waals surface area contributed by atoms with Gasteiger partial charge in [-0.05, 0) is 68.0 Å². The third kappa shape index (κ3) is 10.5. The molecule has 0 saturated carbocycles. The SMILES string of the molecule is C=C/C(=C\C=C(/C)S(N)=O)CCNC(=O)c1nc(-c2ccc(F)cc2)n(CCC(O)CC(O)CC(=O)O)c1C(C)C. The third-order valence-electron chi connectivity index (χ3n) is 6.32. The van der Waals surface area contributed by atoms with Crippen molar-refractivity contribution in [3.63, 3.8) is 0 Å². The molecule has 3 unspecified atom stereocenters. The van der Waals surface area contributed by atoms with Gasteiger partial charge in [0.2, 0.25) is 0 Å². The van der Waals surface area contributed by atoms with Crippen LogP contribution in [0.1, 0.15) is 68.6 Å². The number of carbonyl (C=O) groups is 2. The number of aliphatic carboxylic acids is 1. The van der Waals surface area contributed by atoms with Crippen molar-refractivity contribution in [2.45, 2.75) is 71.1 Å². The monoisotopic (exact) mass is 590 g/mol. The Hall–Kier alpha value is -3.45. The minimum Gasteiger partial charge on any atom is -0.481 e. The van der Waals surface area contributed by atoms with Crippen LogP contribution in [0.25, 0.3) is 11.4 Å². The van der Waals surface area contributed by atoms with E-state index >= 15 is 0 Å². The maximum absolute atomic E-state index is 13.7. The fraction of sp³-hybridized carbons (Fsp3) is 0.414. The number of nitrogens with zero attached hydrogens (tertiary/aromatic N) is 2. The third-order valence-corrected chi connectivity index (χ3v) is 7.09. The number of halogens is 1. The number of aromatic nitrogens is 2. The first-order valence-electron chi connectivity index (χ1n) is 13.2. The van der Waals surface area contributed by atoms with E-state index in [2.05, 4.69) is 16.9 Å². The fourth-order valence-corrected chi connectivity index (χ4v) is 4.41. The Bertz CT molecular complexity index is 1300. The van der Waals surface area contributed by atoms with E-state index in [4.69, 9.17) is 10.2 Å². The lowest BCUT2D eigenvalue weighted by Gasteiger charge is -2.19. The van der Waals surface area contributed by atoms with Gasteiger partial charge < -0.3 is 25.2 Å². The molecule has 0 aliphatic carbocycles. The van der Waals surface area contributed by atoms with Crippen molar-refractivity contribution in [3.05, 3.63) is 76.8 Å². The molecule has 0 radical (unpaired) electrons. The quantitative estimate of drug-likeness (QED) is 0.186. The van der Waals surface area contributed by atoms with Crippen LogP contribution < -0.4 is 10.5 Å². The largest absolute Gasteiger partial charge is 0.481 e. The average molecular weight is 591 g/mol. The molecular formula is C29H39FN4O6S. The van der Waals surface area contributed by atoms with Gasteiger partial charge in [-0.3, -0.25) is 9.59 Å². The Kier molecular flexibility index (Phi) is 13.3. The molecule has 1 amide bonds. The van der Waals surface area contributed by atoms with Crippen molar-refractivity contribution in [2.75, 3.05) is 6.54 Å². The average Bonchev–Trinajstić information content (AvgIpc) is 3.28. The molecule has 2 rings (SSSR count). The molecular weight excluding hydrogens is 551 g/mol. The van der Waals surface area contributed by atoms with Gasteiger partial charge in [0.1, 0.15) is 28.3 Å². The van der Waals surface area contributed by atoms with Gasteiger partial charge in [-0.1, -0.05) is 32.6 Å². The first-order chi connectivity index (χ1) is 19.3. The zero-order valence-corrected chi connectivity index (χ0v) is 24.4. The van der Waals surface area contributed by atoms with Crippen LogP contribution >= 0.6 is 0 Å². The number of carboxylic acids is 1. The number of aliphatic hydroxyl groups excluding tert-OH is 2.